The maximum absolute atomic E-state index is 9.08. The fourth-order valence-corrected chi connectivity index (χ4v) is 1.72. The molecule has 0 aliphatic rings. The fourth-order valence-electron chi connectivity index (χ4n) is 1.72. The van der Waals surface area contributed by atoms with Crippen molar-refractivity contribution in [1.29, 1.82) is 5.26 Å². The van der Waals surface area contributed by atoms with E-state index >= 15 is 0 Å². The molecule has 0 unspecified atom stereocenters. The fraction of sp³-hybridized carbons (Fsp3) is 0.308. The molecule has 1 N–H and O–H groups in total. The Morgan fingerprint density at radius 1 is 1.28 bits per heavy atom. The lowest BCUT2D eigenvalue weighted by Gasteiger charge is -2.13. The van der Waals surface area contributed by atoms with Crippen LogP contribution in [0.2, 0.25) is 0 Å². The number of hydrogen-bond donors (Lipinski definition) is 1. The van der Waals surface area contributed by atoms with Crippen molar-refractivity contribution in [3.63, 3.8) is 0 Å². The summed E-state index contributed by atoms with van der Waals surface area (Å²) >= 11 is 0. The second-order valence-electron chi connectivity index (χ2n) is 4.28. The highest BCUT2D eigenvalue weighted by Gasteiger charge is 2.09. The first-order valence-electron chi connectivity index (χ1n) is 5.76. The van der Waals surface area contributed by atoms with Crippen molar-refractivity contribution < 1.29 is 0 Å². The molecule has 0 aliphatic heterocycles. The number of rotatable bonds is 4. The lowest BCUT2D eigenvalue weighted by Crippen LogP contribution is -2.21. The molecule has 92 valence electrons. The van der Waals surface area contributed by atoms with E-state index in [-0.39, 0.29) is 0 Å². The molecule has 0 atom stereocenters. The zero-order chi connectivity index (χ0) is 13.0. The van der Waals surface area contributed by atoms with Crippen molar-refractivity contribution in [2.24, 2.45) is 0 Å². The average molecular weight is 241 g/mol. The van der Waals surface area contributed by atoms with Crippen LogP contribution in [-0.2, 0) is 0 Å². The molecular weight excluding hydrogens is 226 g/mol. The second kappa shape index (κ2) is 5.43. The maximum atomic E-state index is 9.08. The first-order chi connectivity index (χ1) is 8.72. The molecule has 2 aromatic rings. The van der Waals surface area contributed by atoms with Crippen molar-refractivity contribution >= 4 is 16.6 Å². The minimum Gasteiger partial charge on any atom is -0.381 e. The van der Waals surface area contributed by atoms with Gasteiger partial charge in [-0.2, -0.15) is 5.26 Å². The normalized spacial score (nSPS) is 10.6. The molecule has 2 rings (SSSR count). The Labute approximate surface area is 106 Å². The third kappa shape index (κ3) is 2.55. The lowest BCUT2D eigenvalue weighted by atomic mass is 10.1. The molecule has 1 heterocycles. The van der Waals surface area contributed by atoms with Gasteiger partial charge in [-0.1, -0.05) is 18.2 Å². The summed E-state index contributed by atoms with van der Waals surface area (Å²) in [5.74, 6) is 0. The van der Waals surface area contributed by atoms with Crippen molar-refractivity contribution in [2.45, 2.75) is 0 Å². The van der Waals surface area contributed by atoms with Crippen molar-refractivity contribution in [3.05, 3.63) is 30.0 Å². The highest BCUT2D eigenvalue weighted by atomic mass is 15.1. The predicted octanol–water partition coefficient (Wildman–Crippen LogP) is 1.47. The van der Waals surface area contributed by atoms with Gasteiger partial charge in [-0.3, -0.25) is 0 Å². The van der Waals surface area contributed by atoms with Crippen LogP contribution in [0.4, 0.5) is 5.69 Å². The van der Waals surface area contributed by atoms with Crippen LogP contribution in [0.25, 0.3) is 10.9 Å². The van der Waals surface area contributed by atoms with Gasteiger partial charge < -0.3 is 10.2 Å². The van der Waals surface area contributed by atoms with Gasteiger partial charge in [0, 0.05) is 18.5 Å². The van der Waals surface area contributed by atoms with E-state index in [1.807, 2.05) is 38.4 Å². The Morgan fingerprint density at radius 3 is 2.78 bits per heavy atom. The zero-order valence-corrected chi connectivity index (χ0v) is 10.5. The van der Waals surface area contributed by atoms with Gasteiger partial charge in [-0.05, 0) is 20.2 Å². The summed E-state index contributed by atoms with van der Waals surface area (Å²) in [6.07, 6.45) is 0. The largest absolute Gasteiger partial charge is 0.381 e. The van der Waals surface area contributed by atoms with E-state index in [1.54, 1.807) is 0 Å². The Bertz CT molecular complexity index is 585. The van der Waals surface area contributed by atoms with Crippen molar-refractivity contribution in [2.75, 3.05) is 32.5 Å². The Kier molecular flexibility index (Phi) is 3.70. The number of likely N-dealkylation sites (N-methyl/N-ethyl adjacent to an activating group) is 1. The van der Waals surface area contributed by atoms with Crippen LogP contribution in [0, 0.1) is 11.3 Å². The van der Waals surface area contributed by atoms with Crippen LogP contribution >= 0.6 is 0 Å². The monoisotopic (exact) mass is 241 g/mol. The number of aromatic nitrogens is 2. The quantitative estimate of drug-likeness (QED) is 0.878. The number of nitriles is 1. The van der Waals surface area contributed by atoms with Crippen LogP contribution in [0.5, 0.6) is 0 Å². The minimum atomic E-state index is 0.340. The molecule has 0 aliphatic carbocycles. The van der Waals surface area contributed by atoms with Gasteiger partial charge in [-0.15, -0.1) is 10.2 Å². The summed E-state index contributed by atoms with van der Waals surface area (Å²) in [5, 5.41) is 21.3. The van der Waals surface area contributed by atoms with E-state index in [0.717, 1.165) is 29.7 Å². The van der Waals surface area contributed by atoms with E-state index < -0.39 is 0 Å². The first kappa shape index (κ1) is 12.3. The van der Waals surface area contributed by atoms with Gasteiger partial charge in [0.25, 0.3) is 0 Å². The van der Waals surface area contributed by atoms with Crippen LogP contribution in [0.15, 0.2) is 24.3 Å². The summed E-state index contributed by atoms with van der Waals surface area (Å²) in [4.78, 5) is 2.08. The van der Waals surface area contributed by atoms with E-state index in [0.29, 0.717) is 5.69 Å². The molecule has 1 aromatic heterocycles. The number of nitrogens with zero attached hydrogens (tertiary/aromatic N) is 4. The van der Waals surface area contributed by atoms with Crippen LogP contribution in [0.3, 0.4) is 0 Å². The molecule has 0 fully saturated rings. The van der Waals surface area contributed by atoms with Gasteiger partial charge >= 0.3 is 0 Å². The SMILES string of the molecule is CN(C)CCNc1c(C#N)nnc2ccccc12. The summed E-state index contributed by atoms with van der Waals surface area (Å²) in [6, 6.07) is 9.76. The Balaban J connectivity index is 2.36. The molecule has 5 nitrogen and oxygen atoms in total. The van der Waals surface area contributed by atoms with E-state index in [2.05, 4.69) is 26.5 Å². The van der Waals surface area contributed by atoms with Crippen LogP contribution in [-0.4, -0.2) is 42.3 Å². The van der Waals surface area contributed by atoms with Gasteiger partial charge in [0.2, 0.25) is 0 Å². The number of fused-ring (bicyclic) bond motifs is 1. The molecule has 0 amide bonds. The molecule has 0 saturated heterocycles. The summed E-state index contributed by atoms with van der Waals surface area (Å²) < 4.78 is 0. The molecule has 0 bridgehead atoms. The van der Waals surface area contributed by atoms with Crippen molar-refractivity contribution in [1.82, 2.24) is 15.1 Å². The van der Waals surface area contributed by atoms with Crippen LogP contribution < -0.4 is 5.32 Å². The first-order valence-corrected chi connectivity index (χ1v) is 5.76. The molecule has 18 heavy (non-hydrogen) atoms. The van der Waals surface area contributed by atoms with Gasteiger partial charge in [0.1, 0.15) is 6.07 Å². The standard InChI is InChI=1S/C13H15N5/c1-18(2)8-7-15-13-10-5-3-4-6-11(10)16-17-12(13)9-14/h3-6H,7-8H2,1-2H3,(H,15,16). The van der Waals surface area contributed by atoms with Crippen LogP contribution in [0.1, 0.15) is 5.69 Å². The van der Waals surface area contributed by atoms with Gasteiger partial charge in [0.05, 0.1) is 11.2 Å². The molecule has 5 heteroatoms. The number of benzene rings is 1. The van der Waals surface area contributed by atoms with E-state index in [4.69, 9.17) is 5.26 Å². The van der Waals surface area contributed by atoms with E-state index in [1.165, 1.54) is 0 Å². The summed E-state index contributed by atoms with van der Waals surface area (Å²) in [7, 11) is 4.02. The number of anilines is 1. The topological polar surface area (TPSA) is 64.8 Å². The van der Waals surface area contributed by atoms with Gasteiger partial charge in [0.15, 0.2) is 5.69 Å². The number of nitrogens with one attached hydrogen (secondary N) is 1. The highest BCUT2D eigenvalue weighted by Crippen LogP contribution is 2.23. The third-order valence-corrected chi connectivity index (χ3v) is 2.63. The molecular formula is C13H15N5. The molecule has 0 radical (unpaired) electrons. The van der Waals surface area contributed by atoms with E-state index in [9.17, 15) is 0 Å². The predicted molar refractivity (Wildman–Crippen MR) is 71.3 cm³/mol. The summed E-state index contributed by atoms with van der Waals surface area (Å²) in [6.45, 7) is 1.65. The average Bonchev–Trinajstić information content (AvgIpc) is 2.38. The Morgan fingerprint density at radius 2 is 2.06 bits per heavy atom. The third-order valence-electron chi connectivity index (χ3n) is 2.63. The minimum absolute atomic E-state index is 0.340. The maximum Gasteiger partial charge on any atom is 0.186 e. The molecule has 0 saturated carbocycles. The highest BCUT2D eigenvalue weighted by molar-refractivity contribution is 5.92. The van der Waals surface area contributed by atoms with Gasteiger partial charge in [-0.25, -0.2) is 0 Å². The van der Waals surface area contributed by atoms with Crippen molar-refractivity contribution in [3.8, 4) is 6.07 Å². The smallest absolute Gasteiger partial charge is 0.186 e. The zero-order valence-electron chi connectivity index (χ0n) is 10.5. The molecule has 1 aromatic carbocycles. The Hall–Kier alpha value is -2.19. The molecule has 0 spiro atoms. The summed E-state index contributed by atoms with van der Waals surface area (Å²) in [5.41, 5.74) is 1.90. The lowest BCUT2D eigenvalue weighted by molar-refractivity contribution is 0.425. The number of hydrogen-bond acceptors (Lipinski definition) is 5. The second-order valence-corrected chi connectivity index (χ2v) is 4.28.